The van der Waals surface area contributed by atoms with E-state index in [9.17, 15) is 4.39 Å². The Morgan fingerprint density at radius 3 is 2.48 bits per heavy atom. The maximum absolute atomic E-state index is 13.8. The average molecular weight is 293 g/mol. The number of hydrogen-bond donors (Lipinski definition) is 1. The third kappa shape index (κ3) is 5.29. The zero-order valence-electron chi connectivity index (χ0n) is 13.3. The van der Waals surface area contributed by atoms with Crippen molar-refractivity contribution in [3.8, 4) is 0 Å². The summed E-state index contributed by atoms with van der Waals surface area (Å²) in [6.07, 6.45) is 2.46. The molecule has 0 amide bonds. The quantitative estimate of drug-likeness (QED) is 0.780. The van der Waals surface area contributed by atoms with Crippen molar-refractivity contribution in [1.29, 1.82) is 0 Å². The van der Waals surface area contributed by atoms with E-state index in [4.69, 9.17) is 0 Å². The first-order valence-corrected chi connectivity index (χ1v) is 8.12. The number of para-hydroxylation sites is 1. The van der Waals surface area contributed by atoms with Crippen molar-refractivity contribution in [3.63, 3.8) is 0 Å². The van der Waals surface area contributed by atoms with E-state index in [-0.39, 0.29) is 5.82 Å². The minimum atomic E-state index is -0.106. The van der Waals surface area contributed by atoms with Crippen LogP contribution in [0, 0.1) is 5.82 Å². The van der Waals surface area contributed by atoms with Crippen molar-refractivity contribution in [2.75, 3.05) is 44.2 Å². The van der Waals surface area contributed by atoms with Crippen LogP contribution in [0.1, 0.15) is 26.7 Å². The number of halogens is 1. The normalized spacial score (nSPS) is 16.7. The second-order valence-corrected chi connectivity index (χ2v) is 6.10. The highest BCUT2D eigenvalue weighted by Crippen LogP contribution is 2.20. The summed E-state index contributed by atoms with van der Waals surface area (Å²) in [4.78, 5) is 4.65. The Morgan fingerprint density at radius 2 is 1.81 bits per heavy atom. The predicted molar refractivity (Wildman–Crippen MR) is 87.4 cm³/mol. The molecule has 1 aliphatic heterocycles. The molecule has 4 heteroatoms. The fourth-order valence-corrected chi connectivity index (χ4v) is 2.77. The topological polar surface area (TPSA) is 18.5 Å². The molecule has 2 rings (SSSR count). The second kappa shape index (κ2) is 8.35. The van der Waals surface area contributed by atoms with Crippen LogP contribution in [0.25, 0.3) is 0 Å². The van der Waals surface area contributed by atoms with Gasteiger partial charge in [-0.25, -0.2) is 4.39 Å². The third-order valence-corrected chi connectivity index (χ3v) is 4.02. The maximum atomic E-state index is 13.8. The van der Waals surface area contributed by atoms with Gasteiger partial charge in [0.25, 0.3) is 0 Å². The molecule has 1 saturated heterocycles. The molecule has 1 aliphatic rings. The van der Waals surface area contributed by atoms with Crippen LogP contribution in [-0.2, 0) is 0 Å². The van der Waals surface area contributed by atoms with Crippen molar-refractivity contribution in [2.45, 2.75) is 32.7 Å². The fraction of sp³-hybridized carbons (Fsp3) is 0.647. The van der Waals surface area contributed by atoms with Crippen molar-refractivity contribution >= 4 is 5.69 Å². The van der Waals surface area contributed by atoms with E-state index in [0.29, 0.717) is 6.04 Å². The highest BCUT2D eigenvalue weighted by Gasteiger charge is 2.18. The molecular formula is C17H28FN3. The van der Waals surface area contributed by atoms with Crippen molar-refractivity contribution < 1.29 is 4.39 Å². The standard InChI is InChI=1S/C17H28FN3/c1-15(2)19-9-5-6-10-20-11-13-21(14-12-20)17-8-4-3-7-16(17)18/h3-4,7-8,15,19H,5-6,9-14H2,1-2H3. The van der Waals surface area contributed by atoms with E-state index in [1.165, 1.54) is 12.8 Å². The van der Waals surface area contributed by atoms with Gasteiger partial charge in [-0.15, -0.1) is 0 Å². The van der Waals surface area contributed by atoms with Crippen LogP contribution < -0.4 is 10.2 Å². The van der Waals surface area contributed by atoms with Crippen molar-refractivity contribution in [1.82, 2.24) is 10.2 Å². The second-order valence-electron chi connectivity index (χ2n) is 6.10. The number of benzene rings is 1. The molecule has 118 valence electrons. The van der Waals surface area contributed by atoms with Crippen LogP contribution >= 0.6 is 0 Å². The van der Waals surface area contributed by atoms with Gasteiger partial charge < -0.3 is 10.2 Å². The van der Waals surface area contributed by atoms with Gasteiger partial charge in [-0.3, -0.25) is 4.90 Å². The average Bonchev–Trinajstić information content (AvgIpc) is 2.48. The molecular weight excluding hydrogens is 265 g/mol. The number of hydrogen-bond acceptors (Lipinski definition) is 3. The molecule has 0 saturated carbocycles. The zero-order valence-corrected chi connectivity index (χ0v) is 13.3. The Labute approximate surface area is 128 Å². The molecule has 0 radical (unpaired) electrons. The fourth-order valence-electron chi connectivity index (χ4n) is 2.77. The molecule has 1 aromatic carbocycles. The molecule has 0 unspecified atom stereocenters. The summed E-state index contributed by atoms with van der Waals surface area (Å²) in [7, 11) is 0. The lowest BCUT2D eigenvalue weighted by Crippen LogP contribution is -2.47. The molecule has 0 atom stereocenters. The largest absolute Gasteiger partial charge is 0.367 e. The smallest absolute Gasteiger partial charge is 0.146 e. The van der Waals surface area contributed by atoms with Crippen molar-refractivity contribution in [3.05, 3.63) is 30.1 Å². The van der Waals surface area contributed by atoms with Gasteiger partial charge in [0, 0.05) is 32.2 Å². The van der Waals surface area contributed by atoms with Gasteiger partial charge in [0.1, 0.15) is 5.82 Å². The Hall–Kier alpha value is -1.13. The van der Waals surface area contributed by atoms with E-state index in [0.717, 1.165) is 45.0 Å². The molecule has 1 heterocycles. The molecule has 1 fully saturated rings. The first-order chi connectivity index (χ1) is 10.2. The van der Waals surface area contributed by atoms with E-state index in [2.05, 4.69) is 29.0 Å². The summed E-state index contributed by atoms with van der Waals surface area (Å²) in [6.45, 7) is 10.5. The molecule has 21 heavy (non-hydrogen) atoms. The van der Waals surface area contributed by atoms with Crippen LogP contribution in [0.5, 0.6) is 0 Å². The summed E-state index contributed by atoms with van der Waals surface area (Å²) >= 11 is 0. The molecule has 3 nitrogen and oxygen atoms in total. The van der Waals surface area contributed by atoms with Gasteiger partial charge >= 0.3 is 0 Å². The van der Waals surface area contributed by atoms with Crippen LogP contribution in [0.4, 0.5) is 10.1 Å². The summed E-state index contributed by atoms with van der Waals surface area (Å²) in [5.74, 6) is -0.106. The minimum absolute atomic E-state index is 0.106. The lowest BCUT2D eigenvalue weighted by Gasteiger charge is -2.36. The molecule has 0 spiro atoms. The lowest BCUT2D eigenvalue weighted by atomic mass is 10.2. The highest BCUT2D eigenvalue weighted by molar-refractivity contribution is 5.47. The molecule has 1 aromatic rings. The van der Waals surface area contributed by atoms with Crippen LogP contribution in [0.3, 0.4) is 0 Å². The van der Waals surface area contributed by atoms with Crippen molar-refractivity contribution in [2.24, 2.45) is 0 Å². The van der Waals surface area contributed by atoms with E-state index in [1.807, 2.05) is 12.1 Å². The first kappa shape index (κ1) is 16.2. The summed E-state index contributed by atoms with van der Waals surface area (Å²) in [6, 6.07) is 7.66. The number of piperazine rings is 1. The van der Waals surface area contributed by atoms with Gasteiger partial charge in [-0.2, -0.15) is 0 Å². The third-order valence-electron chi connectivity index (χ3n) is 4.02. The van der Waals surface area contributed by atoms with Crippen LogP contribution in [-0.4, -0.2) is 50.2 Å². The molecule has 1 N–H and O–H groups in total. The Morgan fingerprint density at radius 1 is 1.10 bits per heavy atom. The lowest BCUT2D eigenvalue weighted by molar-refractivity contribution is 0.251. The molecule has 0 bridgehead atoms. The summed E-state index contributed by atoms with van der Waals surface area (Å²) in [5.41, 5.74) is 0.748. The molecule has 0 aliphatic carbocycles. The maximum Gasteiger partial charge on any atom is 0.146 e. The minimum Gasteiger partial charge on any atom is -0.367 e. The van der Waals surface area contributed by atoms with Gasteiger partial charge in [-0.1, -0.05) is 26.0 Å². The Balaban J connectivity index is 1.66. The van der Waals surface area contributed by atoms with Gasteiger partial charge in [-0.05, 0) is 38.1 Å². The summed E-state index contributed by atoms with van der Waals surface area (Å²) in [5, 5.41) is 3.45. The zero-order chi connectivity index (χ0) is 15.1. The Bertz CT molecular complexity index is 414. The van der Waals surface area contributed by atoms with Crippen LogP contribution in [0.15, 0.2) is 24.3 Å². The summed E-state index contributed by atoms with van der Waals surface area (Å²) < 4.78 is 13.8. The number of anilines is 1. The number of rotatable bonds is 7. The van der Waals surface area contributed by atoms with E-state index >= 15 is 0 Å². The molecule has 0 aromatic heterocycles. The number of unbranched alkanes of at least 4 members (excludes halogenated alkanes) is 1. The monoisotopic (exact) mass is 293 g/mol. The Kier molecular flexibility index (Phi) is 6.46. The SMILES string of the molecule is CC(C)NCCCCN1CCN(c2ccccc2F)CC1. The van der Waals surface area contributed by atoms with E-state index < -0.39 is 0 Å². The van der Waals surface area contributed by atoms with Gasteiger partial charge in [0.05, 0.1) is 5.69 Å². The van der Waals surface area contributed by atoms with Gasteiger partial charge in [0.2, 0.25) is 0 Å². The number of nitrogens with one attached hydrogen (secondary N) is 1. The van der Waals surface area contributed by atoms with E-state index in [1.54, 1.807) is 12.1 Å². The predicted octanol–water partition coefficient (Wildman–Crippen LogP) is 2.73. The highest BCUT2D eigenvalue weighted by atomic mass is 19.1. The van der Waals surface area contributed by atoms with Gasteiger partial charge in [0.15, 0.2) is 0 Å². The first-order valence-electron chi connectivity index (χ1n) is 8.12. The number of nitrogens with zero attached hydrogens (tertiary/aromatic N) is 2. The van der Waals surface area contributed by atoms with Crippen LogP contribution in [0.2, 0.25) is 0 Å².